The third-order valence-electron chi connectivity index (χ3n) is 3.86. The summed E-state index contributed by atoms with van der Waals surface area (Å²) in [6.07, 6.45) is 0.171. The molecule has 0 radical (unpaired) electrons. The highest BCUT2D eigenvalue weighted by atomic mass is 32.2. The van der Waals surface area contributed by atoms with Crippen molar-refractivity contribution in [3.63, 3.8) is 0 Å². The van der Waals surface area contributed by atoms with Crippen LogP contribution in [0.25, 0.3) is 10.9 Å². The molecule has 0 atom stereocenters. The van der Waals surface area contributed by atoms with Crippen LogP contribution in [0.1, 0.15) is 16.8 Å². The lowest BCUT2D eigenvalue weighted by molar-refractivity contribution is 0.0508. The molecule has 3 rings (SSSR count). The molecular weight excluding hydrogens is 354 g/mol. The molecule has 134 valence electrons. The van der Waals surface area contributed by atoms with Crippen LogP contribution in [0.4, 0.5) is 0 Å². The number of para-hydroxylation sites is 1. The number of aromatic nitrogens is 1. The van der Waals surface area contributed by atoms with Crippen molar-refractivity contribution in [3.8, 4) is 0 Å². The summed E-state index contributed by atoms with van der Waals surface area (Å²) in [4.78, 5) is 26.9. The first kappa shape index (κ1) is 17.9. The van der Waals surface area contributed by atoms with E-state index in [9.17, 15) is 18.0 Å². The van der Waals surface area contributed by atoms with E-state index in [1.54, 1.807) is 42.5 Å². The summed E-state index contributed by atoms with van der Waals surface area (Å²) in [6, 6.07) is 16.2. The van der Waals surface area contributed by atoms with E-state index in [0.29, 0.717) is 10.9 Å². The molecule has 0 aliphatic heterocycles. The minimum atomic E-state index is -3.41. The number of hydrogen-bond donors (Lipinski definition) is 1. The minimum absolute atomic E-state index is 0.0496. The molecule has 3 aromatic rings. The summed E-state index contributed by atoms with van der Waals surface area (Å²) >= 11 is 0. The van der Waals surface area contributed by atoms with E-state index in [1.165, 1.54) is 18.2 Å². The van der Waals surface area contributed by atoms with Crippen molar-refractivity contribution in [2.75, 3.05) is 12.4 Å². The van der Waals surface area contributed by atoms with Gasteiger partial charge in [0.05, 0.1) is 22.8 Å². The van der Waals surface area contributed by atoms with Crippen molar-refractivity contribution in [1.82, 2.24) is 4.98 Å². The van der Waals surface area contributed by atoms with Crippen LogP contribution in [0.3, 0.4) is 0 Å². The molecule has 0 saturated carbocycles. The Balaban J connectivity index is 1.64. The Labute approximate surface area is 150 Å². The molecule has 0 aliphatic carbocycles. The van der Waals surface area contributed by atoms with Gasteiger partial charge in [-0.3, -0.25) is 4.79 Å². The van der Waals surface area contributed by atoms with Crippen LogP contribution in [-0.2, 0) is 14.6 Å². The molecule has 0 amide bonds. The Hall–Kier alpha value is -2.93. The predicted octanol–water partition coefficient (Wildman–Crippen LogP) is 2.55. The molecule has 6 nitrogen and oxygen atoms in total. The van der Waals surface area contributed by atoms with Gasteiger partial charge >= 0.3 is 5.97 Å². The average Bonchev–Trinajstić information content (AvgIpc) is 2.65. The number of fused-ring (bicyclic) bond motifs is 1. The molecule has 26 heavy (non-hydrogen) atoms. The van der Waals surface area contributed by atoms with Gasteiger partial charge in [-0.1, -0.05) is 36.4 Å². The Morgan fingerprint density at radius 1 is 1.00 bits per heavy atom. The summed E-state index contributed by atoms with van der Waals surface area (Å²) in [5, 5.41) is 0.578. The number of hydrogen-bond acceptors (Lipinski definition) is 5. The lowest BCUT2D eigenvalue weighted by atomic mass is 10.1. The summed E-state index contributed by atoms with van der Waals surface area (Å²) in [7, 11) is -3.41. The highest BCUT2D eigenvalue weighted by Gasteiger charge is 2.16. The fourth-order valence-corrected chi connectivity index (χ4v) is 3.92. The van der Waals surface area contributed by atoms with Crippen LogP contribution in [0.15, 0.2) is 70.4 Å². The first-order valence-electron chi connectivity index (χ1n) is 8.04. The maximum absolute atomic E-state index is 12.3. The fraction of sp³-hybridized carbons (Fsp3) is 0.158. The number of H-pyrrole nitrogens is 1. The molecule has 0 unspecified atom stereocenters. The van der Waals surface area contributed by atoms with Crippen LogP contribution in [0.5, 0.6) is 0 Å². The van der Waals surface area contributed by atoms with Gasteiger partial charge in [0.25, 0.3) is 0 Å². The van der Waals surface area contributed by atoms with Gasteiger partial charge in [-0.05, 0) is 24.6 Å². The van der Waals surface area contributed by atoms with Gasteiger partial charge in [-0.15, -0.1) is 0 Å². The zero-order valence-corrected chi connectivity index (χ0v) is 14.7. The molecule has 1 N–H and O–H groups in total. The number of esters is 1. The Bertz CT molecular complexity index is 1090. The number of carbonyl (C=O) groups is 1. The molecule has 0 fully saturated rings. The first-order valence-corrected chi connectivity index (χ1v) is 9.69. The fourth-order valence-electron chi connectivity index (χ4n) is 2.61. The van der Waals surface area contributed by atoms with Crippen molar-refractivity contribution in [2.24, 2.45) is 0 Å². The highest BCUT2D eigenvalue weighted by molar-refractivity contribution is 7.91. The summed E-state index contributed by atoms with van der Waals surface area (Å²) in [5.74, 6) is -0.773. The highest BCUT2D eigenvalue weighted by Crippen LogP contribution is 2.16. The van der Waals surface area contributed by atoms with E-state index in [0.717, 1.165) is 0 Å². The summed E-state index contributed by atoms with van der Waals surface area (Å²) in [5.41, 5.74) is 0.302. The van der Waals surface area contributed by atoms with Crippen molar-refractivity contribution in [1.29, 1.82) is 0 Å². The lowest BCUT2D eigenvalue weighted by Crippen LogP contribution is -2.15. The van der Waals surface area contributed by atoms with Crippen LogP contribution in [0.2, 0.25) is 0 Å². The second-order valence-electron chi connectivity index (χ2n) is 5.71. The quantitative estimate of drug-likeness (QED) is 0.531. The third-order valence-corrected chi connectivity index (χ3v) is 5.68. The monoisotopic (exact) mass is 371 g/mol. The van der Waals surface area contributed by atoms with E-state index in [4.69, 9.17) is 4.74 Å². The number of rotatable bonds is 6. The maximum Gasteiger partial charge on any atom is 0.339 e. The average molecular weight is 371 g/mol. The number of benzene rings is 2. The Kier molecular flexibility index (Phi) is 5.18. The van der Waals surface area contributed by atoms with Gasteiger partial charge in [-0.25, -0.2) is 13.2 Å². The first-order chi connectivity index (χ1) is 12.5. The van der Waals surface area contributed by atoms with E-state index in [-0.39, 0.29) is 29.2 Å². The standard InChI is InChI=1S/C19H17NO5S/c21-18-13-16(15-9-4-5-10-17(15)20-18)19(22)25-11-6-12-26(23,24)14-7-2-1-3-8-14/h1-5,7-10,13H,6,11-12H2,(H,20,21). The molecule has 0 aliphatic rings. The Morgan fingerprint density at radius 3 is 2.46 bits per heavy atom. The Morgan fingerprint density at radius 2 is 1.69 bits per heavy atom. The second-order valence-corrected chi connectivity index (χ2v) is 7.82. The van der Waals surface area contributed by atoms with E-state index in [2.05, 4.69) is 4.98 Å². The number of nitrogens with one attached hydrogen (secondary N) is 1. The van der Waals surface area contributed by atoms with Crippen molar-refractivity contribution >= 4 is 26.7 Å². The van der Waals surface area contributed by atoms with Crippen LogP contribution in [0, 0.1) is 0 Å². The van der Waals surface area contributed by atoms with Gasteiger partial charge in [-0.2, -0.15) is 0 Å². The van der Waals surface area contributed by atoms with Crippen LogP contribution < -0.4 is 5.56 Å². The topological polar surface area (TPSA) is 93.3 Å². The van der Waals surface area contributed by atoms with Gasteiger partial charge in [0, 0.05) is 17.0 Å². The largest absolute Gasteiger partial charge is 0.462 e. The normalized spacial score (nSPS) is 11.4. The van der Waals surface area contributed by atoms with E-state index in [1.807, 2.05) is 0 Å². The molecule has 1 aromatic heterocycles. The smallest absolute Gasteiger partial charge is 0.339 e. The van der Waals surface area contributed by atoms with Crippen molar-refractivity contribution < 1.29 is 17.9 Å². The molecule has 0 spiro atoms. The van der Waals surface area contributed by atoms with Gasteiger partial charge in [0.2, 0.25) is 5.56 Å². The predicted molar refractivity (Wildman–Crippen MR) is 98.0 cm³/mol. The van der Waals surface area contributed by atoms with Gasteiger partial charge < -0.3 is 9.72 Å². The molecule has 0 bridgehead atoms. The lowest BCUT2D eigenvalue weighted by Gasteiger charge is -2.08. The maximum atomic E-state index is 12.3. The van der Waals surface area contributed by atoms with Crippen LogP contribution in [-0.4, -0.2) is 31.7 Å². The minimum Gasteiger partial charge on any atom is -0.462 e. The second kappa shape index (κ2) is 7.53. The van der Waals surface area contributed by atoms with Gasteiger partial charge in [0.1, 0.15) is 0 Å². The van der Waals surface area contributed by atoms with E-state index >= 15 is 0 Å². The van der Waals surface area contributed by atoms with Gasteiger partial charge in [0.15, 0.2) is 9.84 Å². The van der Waals surface area contributed by atoms with Crippen LogP contribution >= 0.6 is 0 Å². The zero-order chi connectivity index (χ0) is 18.6. The third kappa shape index (κ3) is 4.00. The number of ether oxygens (including phenoxy) is 1. The summed E-state index contributed by atoms with van der Waals surface area (Å²) < 4.78 is 29.5. The van der Waals surface area contributed by atoms with Crippen molar-refractivity contribution in [3.05, 3.63) is 76.6 Å². The number of sulfone groups is 1. The molecule has 2 aromatic carbocycles. The number of carbonyl (C=O) groups excluding carboxylic acids is 1. The molecule has 7 heteroatoms. The van der Waals surface area contributed by atoms with Crippen molar-refractivity contribution in [2.45, 2.75) is 11.3 Å². The zero-order valence-electron chi connectivity index (χ0n) is 13.8. The summed E-state index contributed by atoms with van der Waals surface area (Å²) in [6.45, 7) is -0.0496. The van der Waals surface area contributed by atoms with E-state index < -0.39 is 21.4 Å². The molecular formula is C19H17NO5S. The molecule has 1 heterocycles. The SMILES string of the molecule is O=C(OCCCS(=O)(=O)c1ccccc1)c1cc(=O)[nH]c2ccccc12. The molecule has 0 saturated heterocycles. The number of pyridine rings is 1. The number of aromatic amines is 1.